The summed E-state index contributed by atoms with van der Waals surface area (Å²) in [6.07, 6.45) is 0.417. The zero-order chi connectivity index (χ0) is 24.8. The molecule has 1 aromatic carbocycles. The number of unbranched alkanes of at least 4 members (excludes halogenated alkanes) is 1. The number of carbonyl (C=O) groups excluding carboxylic acids is 1. The maximum absolute atomic E-state index is 12.6. The van der Waals surface area contributed by atoms with E-state index in [2.05, 4.69) is 15.3 Å². The van der Waals surface area contributed by atoms with Crippen molar-refractivity contribution >= 4 is 56.5 Å². The number of amides is 1. The molecule has 34 heavy (non-hydrogen) atoms. The molecule has 1 aromatic heterocycles. The maximum Gasteiger partial charge on any atom is 0.339 e. The van der Waals surface area contributed by atoms with Gasteiger partial charge in [0.25, 0.3) is 5.91 Å². The number of aromatic nitrogens is 1. The summed E-state index contributed by atoms with van der Waals surface area (Å²) < 4.78 is 24.9. The van der Waals surface area contributed by atoms with E-state index in [1.807, 2.05) is 0 Å². The maximum atomic E-state index is 12.6. The zero-order valence-corrected chi connectivity index (χ0v) is 21.2. The standard InChI is InChI=1S/C20H28N6O5S2.ClH/c1-3-4-10-33(30,31)20(23,17(28)29)8-9-24-16(27)14-7-5-6-13(11-14)15-12(2)25-19(32-15)26-18(21)22;/h5-7,11H,3-4,8-10,23H2,1-2H3,(H,24,27)(H,28,29)(H4,21,22,25,26);1H/t20-;/m0./s1. The van der Waals surface area contributed by atoms with Crippen molar-refractivity contribution in [2.75, 3.05) is 12.3 Å². The van der Waals surface area contributed by atoms with E-state index in [0.29, 0.717) is 29.2 Å². The lowest BCUT2D eigenvalue weighted by atomic mass is 10.1. The van der Waals surface area contributed by atoms with Crippen molar-refractivity contribution in [3.63, 3.8) is 0 Å². The zero-order valence-electron chi connectivity index (χ0n) is 18.8. The molecule has 1 amide bonds. The molecule has 0 spiro atoms. The van der Waals surface area contributed by atoms with Crippen LogP contribution < -0.4 is 22.5 Å². The second-order valence-corrected chi connectivity index (χ2v) is 10.7. The highest BCUT2D eigenvalue weighted by atomic mass is 35.5. The highest BCUT2D eigenvalue weighted by molar-refractivity contribution is 7.93. The lowest BCUT2D eigenvalue weighted by molar-refractivity contribution is -0.140. The lowest BCUT2D eigenvalue weighted by Gasteiger charge is -2.24. The molecule has 0 aliphatic carbocycles. The van der Waals surface area contributed by atoms with Crippen molar-refractivity contribution in [3.8, 4) is 10.4 Å². The van der Waals surface area contributed by atoms with E-state index >= 15 is 0 Å². The molecule has 188 valence electrons. The fraction of sp³-hybridized carbons (Fsp3) is 0.400. The van der Waals surface area contributed by atoms with E-state index < -0.39 is 33.0 Å². The van der Waals surface area contributed by atoms with Crippen LogP contribution in [0.15, 0.2) is 29.3 Å². The first-order valence-corrected chi connectivity index (χ1v) is 12.6. The number of nitrogens with zero attached hydrogens (tertiary/aromatic N) is 2. The first-order chi connectivity index (χ1) is 15.4. The summed E-state index contributed by atoms with van der Waals surface area (Å²) in [6.45, 7) is 3.35. The molecule has 0 aliphatic rings. The van der Waals surface area contributed by atoms with Gasteiger partial charge in [-0.1, -0.05) is 36.8 Å². The topological polar surface area (TPSA) is 204 Å². The third-order valence-electron chi connectivity index (χ3n) is 4.86. The third kappa shape index (κ3) is 6.88. The molecule has 11 nitrogen and oxygen atoms in total. The number of hydrogen-bond acceptors (Lipinski definition) is 8. The Bertz CT molecular complexity index is 1160. The summed E-state index contributed by atoms with van der Waals surface area (Å²) >= 11 is 1.26. The van der Waals surface area contributed by atoms with E-state index in [4.69, 9.17) is 17.2 Å². The number of halogens is 1. The number of aliphatic imine (C=N–C) groups is 1. The number of thiazole rings is 1. The Balaban J connectivity index is 0.00000578. The molecule has 8 N–H and O–H groups in total. The van der Waals surface area contributed by atoms with Gasteiger partial charge in [-0.15, -0.1) is 12.4 Å². The molecular weight excluding hydrogens is 504 g/mol. The SMILES string of the molecule is CCCCS(=O)(=O)[C@@](N)(CCNC(=O)c1cccc(-c2sc(N=C(N)N)nc2C)c1)C(=O)O.Cl. The number of sulfone groups is 1. The van der Waals surface area contributed by atoms with E-state index in [1.54, 1.807) is 38.1 Å². The van der Waals surface area contributed by atoms with E-state index in [0.717, 1.165) is 10.4 Å². The number of carboxylic acids is 1. The van der Waals surface area contributed by atoms with Gasteiger partial charge in [0.05, 0.1) is 16.3 Å². The second-order valence-electron chi connectivity index (χ2n) is 7.40. The van der Waals surface area contributed by atoms with Crippen molar-refractivity contribution in [3.05, 3.63) is 35.5 Å². The van der Waals surface area contributed by atoms with Crippen molar-refractivity contribution in [2.24, 2.45) is 22.2 Å². The monoisotopic (exact) mass is 532 g/mol. The molecule has 1 heterocycles. The van der Waals surface area contributed by atoms with Crippen LogP contribution in [0, 0.1) is 6.92 Å². The van der Waals surface area contributed by atoms with Crippen LogP contribution in [-0.2, 0) is 14.6 Å². The Labute approximate surface area is 208 Å². The van der Waals surface area contributed by atoms with E-state index in [9.17, 15) is 23.1 Å². The molecule has 0 bridgehead atoms. The molecule has 0 saturated heterocycles. The van der Waals surface area contributed by atoms with Crippen LogP contribution in [0.4, 0.5) is 5.13 Å². The lowest BCUT2D eigenvalue weighted by Crippen LogP contribution is -2.57. The molecule has 0 radical (unpaired) electrons. The van der Waals surface area contributed by atoms with E-state index in [1.165, 1.54) is 11.3 Å². The van der Waals surface area contributed by atoms with Crippen LogP contribution >= 0.6 is 23.7 Å². The minimum absolute atomic E-state index is 0. The largest absolute Gasteiger partial charge is 0.479 e. The Kier molecular flexibility index (Phi) is 10.4. The number of aryl methyl sites for hydroxylation is 1. The number of guanidine groups is 1. The number of carboxylic acid groups (broad SMARTS) is 1. The fourth-order valence-electron chi connectivity index (χ4n) is 2.99. The number of benzene rings is 1. The van der Waals surface area contributed by atoms with Gasteiger partial charge in [0.2, 0.25) is 10.0 Å². The highest BCUT2D eigenvalue weighted by Crippen LogP contribution is 2.34. The predicted molar refractivity (Wildman–Crippen MR) is 135 cm³/mol. The Morgan fingerprint density at radius 3 is 2.56 bits per heavy atom. The van der Waals surface area contributed by atoms with Crippen LogP contribution in [0.3, 0.4) is 0 Å². The highest BCUT2D eigenvalue weighted by Gasteiger charge is 2.46. The van der Waals surface area contributed by atoms with Gasteiger partial charge >= 0.3 is 5.97 Å². The van der Waals surface area contributed by atoms with Crippen LogP contribution in [-0.4, -0.2) is 53.5 Å². The average Bonchev–Trinajstić information content (AvgIpc) is 3.11. The Hall–Kier alpha value is -2.74. The van der Waals surface area contributed by atoms with Gasteiger partial charge in [0.15, 0.2) is 15.8 Å². The van der Waals surface area contributed by atoms with Crippen LogP contribution in [0.5, 0.6) is 0 Å². The number of aliphatic carboxylic acids is 1. The van der Waals surface area contributed by atoms with Crippen molar-refractivity contribution < 1.29 is 23.1 Å². The smallest absolute Gasteiger partial charge is 0.339 e. The summed E-state index contributed by atoms with van der Waals surface area (Å²) in [5, 5.41) is 12.4. The van der Waals surface area contributed by atoms with Gasteiger partial charge in [0, 0.05) is 18.5 Å². The van der Waals surface area contributed by atoms with Gasteiger partial charge in [-0.25, -0.2) is 18.2 Å². The van der Waals surface area contributed by atoms with Gasteiger partial charge in [-0.2, -0.15) is 4.99 Å². The Morgan fingerprint density at radius 2 is 1.97 bits per heavy atom. The summed E-state index contributed by atoms with van der Waals surface area (Å²) in [4.78, 5) is 30.8. The van der Waals surface area contributed by atoms with Crippen molar-refractivity contribution in [1.29, 1.82) is 0 Å². The molecule has 0 fully saturated rings. The minimum Gasteiger partial charge on any atom is -0.479 e. The normalized spacial score (nSPS) is 12.8. The predicted octanol–water partition coefficient (Wildman–Crippen LogP) is 1.52. The molecule has 0 aliphatic heterocycles. The van der Waals surface area contributed by atoms with Gasteiger partial charge < -0.3 is 27.6 Å². The van der Waals surface area contributed by atoms with Crippen molar-refractivity contribution in [1.82, 2.24) is 10.3 Å². The molecule has 2 rings (SSSR count). The molecule has 1 atom stereocenters. The number of nitrogens with one attached hydrogen (secondary N) is 1. The molecule has 2 aromatic rings. The van der Waals surface area contributed by atoms with Gasteiger partial charge in [0.1, 0.15) is 0 Å². The first kappa shape index (κ1) is 29.3. The molecule has 0 saturated carbocycles. The van der Waals surface area contributed by atoms with E-state index in [-0.39, 0.29) is 30.7 Å². The molecular formula is C20H29ClN6O5S2. The molecule has 14 heteroatoms. The number of rotatable bonds is 11. The Morgan fingerprint density at radius 1 is 1.29 bits per heavy atom. The van der Waals surface area contributed by atoms with Crippen LogP contribution in [0.2, 0.25) is 0 Å². The summed E-state index contributed by atoms with van der Waals surface area (Å²) in [5.74, 6) is -2.59. The second kappa shape index (κ2) is 12.1. The first-order valence-electron chi connectivity index (χ1n) is 10.1. The molecule has 0 unspecified atom stereocenters. The van der Waals surface area contributed by atoms with Crippen LogP contribution in [0.25, 0.3) is 10.4 Å². The van der Waals surface area contributed by atoms with Crippen molar-refractivity contribution in [2.45, 2.75) is 38.0 Å². The number of nitrogens with two attached hydrogens (primary N) is 3. The summed E-state index contributed by atoms with van der Waals surface area (Å²) in [5.41, 5.74) is 18.3. The van der Waals surface area contributed by atoms with Crippen LogP contribution in [0.1, 0.15) is 42.2 Å². The third-order valence-corrected chi connectivity index (χ3v) is 8.28. The fourth-order valence-corrected chi connectivity index (χ4v) is 5.65. The van der Waals surface area contributed by atoms with Gasteiger partial charge in [-0.3, -0.25) is 4.79 Å². The number of carbonyl (C=O) groups is 2. The average molecular weight is 533 g/mol. The minimum atomic E-state index is -4.11. The number of hydrogen-bond donors (Lipinski definition) is 5. The summed E-state index contributed by atoms with van der Waals surface area (Å²) in [7, 11) is -4.11. The summed E-state index contributed by atoms with van der Waals surface area (Å²) in [6, 6.07) is 6.70. The van der Waals surface area contributed by atoms with Gasteiger partial charge in [-0.05, 0) is 31.0 Å². The quantitative estimate of drug-likeness (QED) is 0.210.